The Balaban J connectivity index is 1.28. The van der Waals surface area contributed by atoms with Gasteiger partial charge in [0.2, 0.25) is 11.8 Å². The fourth-order valence-electron chi connectivity index (χ4n) is 3.35. The molecule has 1 aliphatic heterocycles. The quantitative estimate of drug-likeness (QED) is 0.561. The highest BCUT2D eigenvalue weighted by Crippen LogP contribution is 2.25. The van der Waals surface area contributed by atoms with Gasteiger partial charge in [0.1, 0.15) is 5.75 Å². The molecule has 3 aromatic rings. The SMILES string of the molecule is COc1ccc(-c2nnc(SCC(=O)Nc3ccc(N4CCCCC4)cc3)o2)cc1. The van der Waals surface area contributed by atoms with Crippen molar-refractivity contribution in [2.45, 2.75) is 24.5 Å². The monoisotopic (exact) mass is 424 g/mol. The summed E-state index contributed by atoms with van der Waals surface area (Å²) in [4.78, 5) is 14.7. The number of methoxy groups -OCH3 is 1. The van der Waals surface area contributed by atoms with Crippen LogP contribution >= 0.6 is 11.8 Å². The Morgan fingerprint density at radius 3 is 2.50 bits per heavy atom. The molecule has 1 aliphatic rings. The summed E-state index contributed by atoms with van der Waals surface area (Å²) in [5.74, 6) is 1.25. The molecule has 0 unspecified atom stereocenters. The second-order valence-electron chi connectivity index (χ2n) is 7.03. The number of nitrogens with one attached hydrogen (secondary N) is 1. The summed E-state index contributed by atoms with van der Waals surface area (Å²) in [7, 11) is 1.62. The van der Waals surface area contributed by atoms with Crippen LogP contribution in [0, 0.1) is 0 Å². The molecule has 8 heteroatoms. The molecule has 1 fully saturated rings. The Morgan fingerprint density at radius 1 is 1.07 bits per heavy atom. The lowest BCUT2D eigenvalue weighted by atomic mass is 10.1. The van der Waals surface area contributed by atoms with Gasteiger partial charge >= 0.3 is 0 Å². The third kappa shape index (κ3) is 5.13. The lowest BCUT2D eigenvalue weighted by Crippen LogP contribution is -2.29. The van der Waals surface area contributed by atoms with E-state index < -0.39 is 0 Å². The Morgan fingerprint density at radius 2 is 1.80 bits per heavy atom. The molecule has 1 amide bonds. The van der Waals surface area contributed by atoms with Gasteiger partial charge in [-0.1, -0.05) is 11.8 Å². The predicted octanol–water partition coefficient (Wildman–Crippen LogP) is 4.47. The highest BCUT2D eigenvalue weighted by atomic mass is 32.2. The summed E-state index contributed by atoms with van der Waals surface area (Å²) in [5, 5.41) is 11.3. The number of aromatic nitrogens is 2. The zero-order valence-corrected chi connectivity index (χ0v) is 17.7. The van der Waals surface area contributed by atoms with Gasteiger partial charge in [-0.25, -0.2) is 0 Å². The van der Waals surface area contributed by atoms with Gasteiger partial charge in [-0.05, 0) is 67.8 Å². The van der Waals surface area contributed by atoms with Gasteiger partial charge < -0.3 is 19.4 Å². The van der Waals surface area contributed by atoms with Crippen LogP contribution in [0.4, 0.5) is 11.4 Å². The molecule has 0 atom stereocenters. The average molecular weight is 425 g/mol. The van der Waals surface area contributed by atoms with Crippen LogP contribution in [0.15, 0.2) is 58.2 Å². The maximum absolute atomic E-state index is 12.3. The van der Waals surface area contributed by atoms with E-state index in [-0.39, 0.29) is 11.7 Å². The number of amides is 1. The molecule has 2 aromatic carbocycles. The van der Waals surface area contributed by atoms with E-state index >= 15 is 0 Å². The van der Waals surface area contributed by atoms with E-state index in [1.807, 2.05) is 36.4 Å². The number of hydrogen-bond acceptors (Lipinski definition) is 7. The Kier molecular flexibility index (Phi) is 6.53. The van der Waals surface area contributed by atoms with Crippen molar-refractivity contribution in [3.05, 3.63) is 48.5 Å². The summed E-state index contributed by atoms with van der Waals surface area (Å²) in [6, 6.07) is 15.4. The van der Waals surface area contributed by atoms with Crippen molar-refractivity contribution in [3.8, 4) is 17.2 Å². The first kappa shape index (κ1) is 20.3. The van der Waals surface area contributed by atoms with Crippen LogP contribution in [0.1, 0.15) is 19.3 Å². The van der Waals surface area contributed by atoms with Crippen molar-refractivity contribution < 1.29 is 13.9 Å². The topological polar surface area (TPSA) is 80.5 Å². The molecule has 0 bridgehead atoms. The molecule has 0 spiro atoms. The second-order valence-corrected chi connectivity index (χ2v) is 7.96. The number of nitrogens with zero attached hydrogens (tertiary/aromatic N) is 3. The Hall–Kier alpha value is -3.00. The van der Waals surface area contributed by atoms with Crippen LogP contribution in [0.2, 0.25) is 0 Å². The number of rotatable bonds is 7. The maximum Gasteiger partial charge on any atom is 0.277 e. The second kappa shape index (κ2) is 9.67. The van der Waals surface area contributed by atoms with E-state index in [1.54, 1.807) is 7.11 Å². The first-order valence-electron chi connectivity index (χ1n) is 9.97. The van der Waals surface area contributed by atoms with Crippen molar-refractivity contribution in [1.29, 1.82) is 0 Å². The van der Waals surface area contributed by atoms with Crippen molar-refractivity contribution in [2.75, 3.05) is 36.2 Å². The molecule has 30 heavy (non-hydrogen) atoms. The van der Waals surface area contributed by atoms with Crippen molar-refractivity contribution in [2.24, 2.45) is 0 Å². The van der Waals surface area contributed by atoms with Crippen LogP contribution in [-0.4, -0.2) is 42.1 Å². The van der Waals surface area contributed by atoms with Gasteiger partial charge in [0, 0.05) is 30.0 Å². The molecule has 7 nitrogen and oxygen atoms in total. The molecule has 1 N–H and O–H groups in total. The fourth-order valence-corrected chi connectivity index (χ4v) is 3.91. The van der Waals surface area contributed by atoms with Crippen LogP contribution < -0.4 is 15.0 Å². The predicted molar refractivity (Wildman–Crippen MR) is 118 cm³/mol. The number of anilines is 2. The number of piperidine rings is 1. The lowest BCUT2D eigenvalue weighted by Gasteiger charge is -2.28. The zero-order chi connectivity index (χ0) is 20.8. The first-order chi connectivity index (χ1) is 14.7. The third-order valence-corrected chi connectivity index (χ3v) is 5.76. The van der Waals surface area contributed by atoms with Gasteiger partial charge in [0.05, 0.1) is 12.9 Å². The molecule has 1 aromatic heterocycles. The standard InChI is InChI=1S/C22H24N4O3S/c1-28-19-11-5-16(6-12-19)21-24-25-22(29-21)30-15-20(27)23-17-7-9-18(10-8-17)26-13-3-2-4-14-26/h5-12H,2-4,13-15H2,1H3,(H,23,27). The number of carbonyl (C=O) groups is 1. The van der Waals surface area contributed by atoms with Gasteiger partial charge in [-0.15, -0.1) is 10.2 Å². The molecule has 2 heterocycles. The van der Waals surface area contributed by atoms with Gasteiger partial charge in [-0.2, -0.15) is 0 Å². The minimum absolute atomic E-state index is 0.116. The Bertz CT molecular complexity index is 967. The molecular weight excluding hydrogens is 400 g/mol. The van der Waals surface area contributed by atoms with E-state index in [4.69, 9.17) is 9.15 Å². The third-order valence-electron chi connectivity index (χ3n) is 4.94. The fraction of sp³-hybridized carbons (Fsp3) is 0.318. The summed E-state index contributed by atoms with van der Waals surface area (Å²) in [6.07, 6.45) is 3.79. The number of thioether (sulfide) groups is 1. The van der Waals surface area contributed by atoms with E-state index in [0.29, 0.717) is 11.1 Å². The van der Waals surface area contributed by atoms with Gasteiger partial charge in [-0.3, -0.25) is 4.79 Å². The van der Waals surface area contributed by atoms with E-state index in [1.165, 1.54) is 36.7 Å². The number of benzene rings is 2. The van der Waals surface area contributed by atoms with Crippen LogP contribution in [0.25, 0.3) is 11.5 Å². The smallest absolute Gasteiger partial charge is 0.277 e. The normalized spacial score (nSPS) is 13.8. The van der Waals surface area contributed by atoms with Crippen molar-refractivity contribution in [3.63, 3.8) is 0 Å². The Labute approximate surface area is 179 Å². The van der Waals surface area contributed by atoms with Crippen molar-refractivity contribution >= 4 is 29.0 Å². The minimum atomic E-state index is -0.116. The number of ether oxygens (including phenoxy) is 1. The molecule has 156 valence electrons. The van der Waals surface area contributed by atoms with Crippen LogP contribution in [-0.2, 0) is 4.79 Å². The average Bonchev–Trinajstić information content (AvgIpc) is 3.28. The molecule has 1 saturated heterocycles. The summed E-state index contributed by atoms with van der Waals surface area (Å²) in [6.45, 7) is 2.20. The number of carbonyl (C=O) groups excluding carboxylic acids is 1. The summed E-state index contributed by atoms with van der Waals surface area (Å²) < 4.78 is 10.8. The van der Waals surface area contributed by atoms with E-state index in [9.17, 15) is 4.79 Å². The molecule has 0 saturated carbocycles. The lowest BCUT2D eigenvalue weighted by molar-refractivity contribution is -0.113. The summed E-state index contributed by atoms with van der Waals surface area (Å²) >= 11 is 1.21. The maximum atomic E-state index is 12.3. The van der Waals surface area contributed by atoms with Crippen LogP contribution in [0.5, 0.6) is 5.75 Å². The highest BCUT2D eigenvalue weighted by Gasteiger charge is 2.13. The van der Waals surface area contributed by atoms with E-state index in [0.717, 1.165) is 30.1 Å². The van der Waals surface area contributed by atoms with E-state index in [2.05, 4.69) is 32.5 Å². The molecule has 0 aliphatic carbocycles. The van der Waals surface area contributed by atoms with Crippen LogP contribution in [0.3, 0.4) is 0 Å². The minimum Gasteiger partial charge on any atom is -0.497 e. The van der Waals surface area contributed by atoms with Crippen molar-refractivity contribution in [1.82, 2.24) is 10.2 Å². The highest BCUT2D eigenvalue weighted by molar-refractivity contribution is 7.99. The number of hydrogen-bond donors (Lipinski definition) is 1. The van der Waals surface area contributed by atoms with Gasteiger partial charge in [0.15, 0.2) is 0 Å². The largest absolute Gasteiger partial charge is 0.497 e. The molecular formula is C22H24N4O3S. The summed E-state index contributed by atoms with van der Waals surface area (Å²) in [5.41, 5.74) is 2.79. The zero-order valence-electron chi connectivity index (χ0n) is 16.8. The molecule has 0 radical (unpaired) electrons. The molecule has 4 rings (SSSR count). The van der Waals surface area contributed by atoms with Gasteiger partial charge in [0.25, 0.3) is 5.22 Å². The first-order valence-corrected chi connectivity index (χ1v) is 11.0.